The van der Waals surface area contributed by atoms with Crippen molar-refractivity contribution in [2.75, 3.05) is 0 Å². The molecule has 2 aromatic carbocycles. The second-order valence-electron chi connectivity index (χ2n) is 5.25. The van der Waals surface area contributed by atoms with Crippen LogP contribution < -0.4 is 0 Å². The average Bonchev–Trinajstić information content (AvgIpc) is 2.86. The minimum Gasteiger partial charge on any atom is -0.317 e. The molecule has 0 radical (unpaired) electrons. The number of para-hydroxylation sites is 1. The van der Waals surface area contributed by atoms with Crippen LogP contribution in [0.1, 0.15) is 23.0 Å². The summed E-state index contributed by atoms with van der Waals surface area (Å²) < 4.78 is 15.8. The molecule has 2 nitrogen and oxygen atoms in total. The molecule has 0 spiro atoms. The quantitative estimate of drug-likeness (QED) is 0.636. The zero-order chi connectivity index (χ0) is 15.7. The Hall–Kier alpha value is -2.68. The van der Waals surface area contributed by atoms with Gasteiger partial charge in [-0.05, 0) is 31.5 Å². The Kier molecular flexibility index (Phi) is 3.63. The number of benzene rings is 2. The summed E-state index contributed by atoms with van der Waals surface area (Å²) in [4.78, 5) is 12.1. The van der Waals surface area contributed by atoms with Gasteiger partial charge in [-0.3, -0.25) is 4.79 Å². The number of aromatic nitrogens is 1. The summed E-state index contributed by atoms with van der Waals surface area (Å²) in [6, 6.07) is 16.3. The van der Waals surface area contributed by atoms with Gasteiger partial charge < -0.3 is 4.57 Å². The van der Waals surface area contributed by atoms with Gasteiger partial charge in [0.25, 0.3) is 0 Å². The first kappa shape index (κ1) is 14.3. The lowest BCUT2D eigenvalue weighted by atomic mass is 10.0. The maximum absolute atomic E-state index is 14.1. The largest absolute Gasteiger partial charge is 0.317 e. The summed E-state index contributed by atoms with van der Waals surface area (Å²) in [5, 5.41) is 0. The van der Waals surface area contributed by atoms with Gasteiger partial charge in [0.2, 0.25) is 0 Å². The molecule has 0 amide bonds. The van der Waals surface area contributed by atoms with E-state index in [0.717, 1.165) is 16.8 Å². The van der Waals surface area contributed by atoms with Crippen LogP contribution in [0.5, 0.6) is 0 Å². The number of halogens is 1. The fourth-order valence-electron chi connectivity index (χ4n) is 2.78. The van der Waals surface area contributed by atoms with Crippen LogP contribution in [0.2, 0.25) is 0 Å². The van der Waals surface area contributed by atoms with Gasteiger partial charge in [-0.25, -0.2) is 4.39 Å². The van der Waals surface area contributed by atoms with Crippen LogP contribution >= 0.6 is 0 Å². The van der Waals surface area contributed by atoms with Gasteiger partial charge in [0, 0.05) is 23.0 Å². The van der Waals surface area contributed by atoms with Crippen LogP contribution in [-0.2, 0) is 0 Å². The van der Waals surface area contributed by atoms with Crippen molar-refractivity contribution in [3.05, 3.63) is 77.9 Å². The summed E-state index contributed by atoms with van der Waals surface area (Å²) >= 11 is 0. The van der Waals surface area contributed by atoms with E-state index >= 15 is 0 Å². The molecule has 1 aromatic heterocycles. The third-order valence-corrected chi connectivity index (χ3v) is 3.80. The third-order valence-electron chi connectivity index (χ3n) is 3.80. The molecule has 0 unspecified atom stereocenters. The molecule has 0 bridgehead atoms. The average molecular weight is 293 g/mol. The number of ketones is 1. The molecule has 0 aliphatic rings. The van der Waals surface area contributed by atoms with E-state index in [1.165, 1.54) is 6.07 Å². The Bertz CT molecular complexity index is 834. The summed E-state index contributed by atoms with van der Waals surface area (Å²) in [6.07, 6.45) is 1.83. The monoisotopic (exact) mass is 293 g/mol. The lowest BCUT2D eigenvalue weighted by Gasteiger charge is -2.07. The smallest absolute Gasteiger partial charge is 0.162 e. The Morgan fingerprint density at radius 2 is 1.64 bits per heavy atom. The van der Waals surface area contributed by atoms with Gasteiger partial charge in [0.1, 0.15) is 5.82 Å². The Morgan fingerprint density at radius 3 is 2.27 bits per heavy atom. The van der Waals surface area contributed by atoms with Crippen molar-refractivity contribution in [2.45, 2.75) is 13.8 Å². The van der Waals surface area contributed by atoms with Crippen molar-refractivity contribution in [1.29, 1.82) is 0 Å². The van der Waals surface area contributed by atoms with Gasteiger partial charge in [-0.15, -0.1) is 0 Å². The van der Waals surface area contributed by atoms with Crippen molar-refractivity contribution in [3.63, 3.8) is 0 Å². The molecule has 0 saturated carbocycles. The van der Waals surface area contributed by atoms with Crippen molar-refractivity contribution >= 4 is 5.78 Å². The molecule has 110 valence electrons. The number of carbonyl (C=O) groups excluding carboxylic acids is 1. The minimum atomic E-state index is -0.310. The highest BCUT2D eigenvalue weighted by Crippen LogP contribution is 2.31. The molecular weight excluding hydrogens is 277 g/mol. The summed E-state index contributed by atoms with van der Waals surface area (Å²) in [5.41, 5.74) is 3.61. The normalized spacial score (nSPS) is 10.7. The fourth-order valence-corrected chi connectivity index (χ4v) is 2.78. The molecule has 3 rings (SSSR count). The molecule has 3 aromatic rings. The molecule has 0 aliphatic heterocycles. The van der Waals surface area contributed by atoms with Gasteiger partial charge in [-0.1, -0.05) is 42.5 Å². The number of rotatable bonds is 3. The molecule has 0 atom stereocenters. The van der Waals surface area contributed by atoms with Crippen LogP contribution in [0, 0.1) is 12.7 Å². The molecule has 0 fully saturated rings. The molecule has 0 N–H and O–H groups in total. The molecule has 0 saturated heterocycles. The van der Waals surface area contributed by atoms with Gasteiger partial charge >= 0.3 is 0 Å². The van der Waals surface area contributed by atoms with E-state index in [0.29, 0.717) is 11.3 Å². The molecule has 22 heavy (non-hydrogen) atoms. The van der Waals surface area contributed by atoms with Crippen molar-refractivity contribution in [3.8, 4) is 16.8 Å². The molecule has 3 heteroatoms. The van der Waals surface area contributed by atoms with Gasteiger partial charge in [0.15, 0.2) is 5.78 Å². The van der Waals surface area contributed by atoms with Gasteiger partial charge in [0.05, 0.1) is 5.69 Å². The van der Waals surface area contributed by atoms with Crippen LogP contribution in [0.15, 0.2) is 60.8 Å². The van der Waals surface area contributed by atoms with Crippen LogP contribution in [0.4, 0.5) is 4.39 Å². The highest BCUT2D eigenvalue weighted by molar-refractivity contribution is 6.02. The van der Waals surface area contributed by atoms with Crippen molar-refractivity contribution in [2.24, 2.45) is 0 Å². The third kappa shape index (κ3) is 2.35. The zero-order valence-corrected chi connectivity index (χ0v) is 12.5. The maximum atomic E-state index is 14.1. The SMILES string of the molecule is CC(=O)c1c(-c2ccccc2)cn(-c2ccccc2F)c1C. The highest BCUT2D eigenvalue weighted by Gasteiger charge is 2.19. The number of nitrogens with zero attached hydrogens (tertiary/aromatic N) is 1. The number of hydrogen-bond donors (Lipinski definition) is 0. The minimum absolute atomic E-state index is 0.0218. The maximum Gasteiger partial charge on any atom is 0.162 e. The Morgan fingerprint density at radius 1 is 1.00 bits per heavy atom. The number of carbonyl (C=O) groups is 1. The van der Waals surface area contributed by atoms with Crippen LogP contribution in [0.3, 0.4) is 0 Å². The topological polar surface area (TPSA) is 22.0 Å². The molecule has 1 heterocycles. The van der Waals surface area contributed by atoms with E-state index < -0.39 is 0 Å². The summed E-state index contributed by atoms with van der Waals surface area (Å²) in [7, 11) is 0. The van der Waals surface area contributed by atoms with E-state index in [9.17, 15) is 9.18 Å². The number of Topliss-reactive ketones (excluding diaryl/α,β-unsaturated/α-hetero) is 1. The second kappa shape index (κ2) is 5.60. The molecule has 0 aliphatic carbocycles. The van der Waals surface area contributed by atoms with E-state index in [2.05, 4.69) is 0 Å². The van der Waals surface area contributed by atoms with E-state index in [1.807, 2.05) is 43.5 Å². The van der Waals surface area contributed by atoms with E-state index in [-0.39, 0.29) is 11.6 Å². The van der Waals surface area contributed by atoms with E-state index in [4.69, 9.17) is 0 Å². The fraction of sp³-hybridized carbons (Fsp3) is 0.105. The summed E-state index contributed by atoms with van der Waals surface area (Å²) in [5.74, 6) is -0.332. The highest BCUT2D eigenvalue weighted by atomic mass is 19.1. The number of hydrogen-bond acceptors (Lipinski definition) is 1. The Labute approximate surface area is 128 Å². The first-order valence-electron chi connectivity index (χ1n) is 7.13. The van der Waals surface area contributed by atoms with Crippen molar-refractivity contribution in [1.82, 2.24) is 4.57 Å². The van der Waals surface area contributed by atoms with E-state index in [1.54, 1.807) is 29.7 Å². The first-order chi connectivity index (χ1) is 10.6. The lowest BCUT2D eigenvalue weighted by molar-refractivity contribution is 0.101. The standard InChI is InChI=1S/C19H16FNO/c1-13-19(14(2)22)16(15-8-4-3-5-9-15)12-21(13)18-11-7-6-10-17(18)20/h3-12H,1-2H3. The van der Waals surface area contributed by atoms with Crippen LogP contribution in [0.25, 0.3) is 16.8 Å². The predicted molar refractivity (Wildman–Crippen MR) is 85.9 cm³/mol. The van der Waals surface area contributed by atoms with Crippen LogP contribution in [-0.4, -0.2) is 10.4 Å². The zero-order valence-electron chi connectivity index (χ0n) is 12.5. The Balaban J connectivity index is 2.27. The molecular formula is C19H16FNO. The van der Waals surface area contributed by atoms with Crippen molar-refractivity contribution < 1.29 is 9.18 Å². The first-order valence-corrected chi connectivity index (χ1v) is 7.13. The predicted octanol–water partition coefficient (Wildman–Crippen LogP) is 4.79. The summed E-state index contributed by atoms with van der Waals surface area (Å²) in [6.45, 7) is 3.38. The van der Waals surface area contributed by atoms with Gasteiger partial charge in [-0.2, -0.15) is 0 Å². The second-order valence-corrected chi connectivity index (χ2v) is 5.25. The lowest BCUT2D eigenvalue weighted by Crippen LogP contribution is -2.01.